The van der Waals surface area contributed by atoms with E-state index in [-0.39, 0.29) is 0 Å². The number of aromatic nitrogens is 4. The van der Waals surface area contributed by atoms with Crippen LogP contribution in [0.25, 0.3) is 31.6 Å². The molecule has 1 saturated carbocycles. The second kappa shape index (κ2) is 6.11. The van der Waals surface area contributed by atoms with Crippen molar-refractivity contribution in [3.63, 3.8) is 0 Å². The van der Waals surface area contributed by atoms with Crippen molar-refractivity contribution in [2.75, 3.05) is 5.32 Å². The first-order valence-corrected chi connectivity index (χ1v) is 9.63. The second-order valence-corrected chi connectivity index (χ2v) is 7.75. The maximum atomic E-state index is 4.68. The number of hydrogen-bond donors (Lipinski definition) is 2. The number of fused-ring (bicyclic) bond motifs is 2. The molecule has 0 aliphatic heterocycles. The summed E-state index contributed by atoms with van der Waals surface area (Å²) in [5.74, 6) is 0.730. The Kier molecular flexibility index (Phi) is 3.63. The van der Waals surface area contributed by atoms with Gasteiger partial charge >= 0.3 is 0 Å². The van der Waals surface area contributed by atoms with E-state index in [2.05, 4.69) is 37.4 Å². The van der Waals surface area contributed by atoms with Crippen LogP contribution < -0.4 is 5.32 Å². The van der Waals surface area contributed by atoms with Gasteiger partial charge in [-0.3, -0.25) is 4.98 Å². The lowest BCUT2D eigenvalue weighted by Gasteiger charge is -2.22. The van der Waals surface area contributed by atoms with E-state index in [9.17, 15) is 0 Å². The maximum Gasteiger partial charge on any atom is 0.224 e. The highest BCUT2D eigenvalue weighted by Gasteiger charge is 2.16. The van der Waals surface area contributed by atoms with E-state index in [0.29, 0.717) is 6.04 Å². The van der Waals surface area contributed by atoms with E-state index in [0.717, 1.165) is 22.5 Å². The van der Waals surface area contributed by atoms with Crippen molar-refractivity contribution in [3.05, 3.63) is 36.9 Å². The zero-order chi connectivity index (χ0) is 16.6. The zero-order valence-corrected chi connectivity index (χ0v) is 14.6. The van der Waals surface area contributed by atoms with Crippen LogP contribution in [0.3, 0.4) is 0 Å². The number of aromatic amines is 1. The molecule has 0 aromatic carbocycles. The molecule has 0 amide bonds. The van der Waals surface area contributed by atoms with Gasteiger partial charge in [0.25, 0.3) is 0 Å². The normalized spacial score (nSPS) is 15.8. The van der Waals surface area contributed by atoms with Gasteiger partial charge < -0.3 is 10.3 Å². The smallest absolute Gasteiger partial charge is 0.224 e. The predicted molar refractivity (Wildman–Crippen MR) is 103 cm³/mol. The van der Waals surface area contributed by atoms with Crippen LogP contribution in [-0.2, 0) is 0 Å². The van der Waals surface area contributed by atoms with Crippen molar-refractivity contribution in [3.8, 4) is 10.4 Å². The van der Waals surface area contributed by atoms with E-state index < -0.39 is 0 Å². The Morgan fingerprint density at radius 1 is 1.16 bits per heavy atom. The molecule has 0 bridgehead atoms. The summed E-state index contributed by atoms with van der Waals surface area (Å²) in [5, 5.41) is 5.73. The summed E-state index contributed by atoms with van der Waals surface area (Å²) in [4.78, 5) is 18.0. The third-order valence-corrected chi connectivity index (χ3v) is 6.10. The number of nitrogens with one attached hydrogen (secondary N) is 2. The van der Waals surface area contributed by atoms with Gasteiger partial charge in [-0.25, -0.2) is 4.98 Å². The molecule has 0 saturated heterocycles. The number of pyridine rings is 1. The Morgan fingerprint density at radius 2 is 2.08 bits per heavy atom. The molecule has 25 heavy (non-hydrogen) atoms. The molecule has 2 N–H and O–H groups in total. The number of rotatable bonds is 3. The molecule has 0 unspecified atom stereocenters. The average Bonchev–Trinajstić information content (AvgIpc) is 3.25. The standard InChI is InChI=1S/C19H19N5S/c1-2-4-13(5-3-1)23-19-22-11-15-14(10-21-18(15)24-19)17-8-12-9-20-7-6-16(12)25-17/h6-11,13H,1-5H2,(H2,21,22,23,24). The van der Waals surface area contributed by atoms with Gasteiger partial charge in [0.05, 0.1) is 0 Å². The highest BCUT2D eigenvalue weighted by atomic mass is 32.1. The summed E-state index contributed by atoms with van der Waals surface area (Å²) >= 11 is 1.77. The molecule has 1 aliphatic rings. The van der Waals surface area contributed by atoms with Gasteiger partial charge in [0.15, 0.2) is 0 Å². The van der Waals surface area contributed by atoms with E-state index >= 15 is 0 Å². The van der Waals surface area contributed by atoms with E-state index in [1.165, 1.54) is 47.1 Å². The Hall–Kier alpha value is -2.47. The van der Waals surface area contributed by atoms with Crippen molar-refractivity contribution in [2.24, 2.45) is 0 Å². The SMILES string of the molecule is c1cc2sc(-c3c[nH]c4nc(NC5CCCCC5)ncc34)cc2cn1. The van der Waals surface area contributed by atoms with Crippen molar-refractivity contribution in [2.45, 2.75) is 38.1 Å². The van der Waals surface area contributed by atoms with Gasteiger partial charge in [-0.1, -0.05) is 19.3 Å². The van der Waals surface area contributed by atoms with Crippen LogP contribution in [0.2, 0.25) is 0 Å². The van der Waals surface area contributed by atoms with Gasteiger partial charge in [0.1, 0.15) is 5.65 Å². The fourth-order valence-corrected chi connectivity index (χ4v) is 4.69. The number of thiophene rings is 1. The summed E-state index contributed by atoms with van der Waals surface area (Å²) in [6.07, 6.45) is 14.1. The molecule has 0 spiro atoms. The van der Waals surface area contributed by atoms with Gasteiger partial charge in [-0.2, -0.15) is 4.98 Å². The van der Waals surface area contributed by atoms with Crippen LogP contribution in [0.1, 0.15) is 32.1 Å². The molecule has 4 aromatic rings. The number of H-pyrrole nitrogens is 1. The van der Waals surface area contributed by atoms with Gasteiger partial charge in [-0.15, -0.1) is 11.3 Å². The molecule has 1 fully saturated rings. The van der Waals surface area contributed by atoms with Crippen LogP contribution in [0.4, 0.5) is 5.95 Å². The molecule has 126 valence electrons. The minimum Gasteiger partial charge on any atom is -0.351 e. The first kappa shape index (κ1) is 14.8. The lowest BCUT2D eigenvalue weighted by atomic mass is 9.96. The van der Waals surface area contributed by atoms with Crippen molar-refractivity contribution in [1.29, 1.82) is 0 Å². The van der Waals surface area contributed by atoms with E-state index in [4.69, 9.17) is 0 Å². The van der Waals surface area contributed by atoms with Crippen LogP contribution in [0.5, 0.6) is 0 Å². The van der Waals surface area contributed by atoms with Crippen LogP contribution >= 0.6 is 11.3 Å². The van der Waals surface area contributed by atoms with Crippen molar-refractivity contribution < 1.29 is 0 Å². The Labute approximate surface area is 149 Å². The van der Waals surface area contributed by atoms with Crippen LogP contribution in [0, 0.1) is 0 Å². The average molecular weight is 349 g/mol. The first-order chi connectivity index (χ1) is 12.4. The number of anilines is 1. The minimum atomic E-state index is 0.510. The first-order valence-electron chi connectivity index (χ1n) is 8.81. The van der Waals surface area contributed by atoms with Gasteiger partial charge in [0, 0.05) is 56.7 Å². The molecular formula is C19H19N5S. The third-order valence-electron chi connectivity index (χ3n) is 4.95. The van der Waals surface area contributed by atoms with Crippen molar-refractivity contribution >= 4 is 38.4 Å². The van der Waals surface area contributed by atoms with Crippen LogP contribution in [0.15, 0.2) is 36.9 Å². The molecular weight excluding hydrogens is 330 g/mol. The van der Waals surface area contributed by atoms with Crippen LogP contribution in [-0.4, -0.2) is 26.0 Å². The lowest BCUT2D eigenvalue weighted by Crippen LogP contribution is -2.23. The summed E-state index contributed by atoms with van der Waals surface area (Å²) < 4.78 is 1.25. The van der Waals surface area contributed by atoms with E-state index in [1.54, 1.807) is 11.3 Å². The molecule has 0 atom stereocenters. The fourth-order valence-electron chi connectivity index (χ4n) is 3.63. The van der Waals surface area contributed by atoms with Gasteiger partial charge in [-0.05, 0) is 25.0 Å². The predicted octanol–water partition coefficient (Wildman–Crippen LogP) is 4.98. The highest BCUT2D eigenvalue weighted by molar-refractivity contribution is 7.22. The molecule has 5 nitrogen and oxygen atoms in total. The second-order valence-electron chi connectivity index (χ2n) is 6.66. The third kappa shape index (κ3) is 2.76. The quantitative estimate of drug-likeness (QED) is 0.547. The van der Waals surface area contributed by atoms with Crippen molar-refractivity contribution in [1.82, 2.24) is 19.9 Å². The largest absolute Gasteiger partial charge is 0.351 e. The lowest BCUT2D eigenvalue weighted by molar-refractivity contribution is 0.461. The molecule has 4 aromatic heterocycles. The Balaban J connectivity index is 1.48. The topological polar surface area (TPSA) is 66.5 Å². The number of hydrogen-bond acceptors (Lipinski definition) is 5. The molecule has 4 heterocycles. The highest BCUT2D eigenvalue weighted by Crippen LogP contribution is 2.36. The summed E-state index contributed by atoms with van der Waals surface area (Å²) in [5.41, 5.74) is 2.04. The molecule has 6 heteroatoms. The monoisotopic (exact) mass is 349 g/mol. The maximum absolute atomic E-state index is 4.68. The number of nitrogens with zero attached hydrogens (tertiary/aromatic N) is 3. The molecule has 1 aliphatic carbocycles. The Morgan fingerprint density at radius 3 is 2.96 bits per heavy atom. The van der Waals surface area contributed by atoms with Gasteiger partial charge in [0.2, 0.25) is 5.95 Å². The Bertz CT molecular complexity index is 996. The minimum absolute atomic E-state index is 0.510. The zero-order valence-electron chi connectivity index (χ0n) is 13.8. The summed E-state index contributed by atoms with van der Waals surface area (Å²) in [6, 6.07) is 4.75. The molecule has 0 radical (unpaired) electrons. The summed E-state index contributed by atoms with van der Waals surface area (Å²) in [7, 11) is 0. The summed E-state index contributed by atoms with van der Waals surface area (Å²) in [6.45, 7) is 0. The fraction of sp³-hybridized carbons (Fsp3) is 0.316. The molecule has 5 rings (SSSR count). The van der Waals surface area contributed by atoms with E-state index in [1.807, 2.05) is 24.8 Å².